The fourth-order valence-electron chi connectivity index (χ4n) is 8.53. The normalized spacial score (nSPS) is 30.2. The minimum absolute atomic E-state index is 0.00576. The van der Waals surface area contributed by atoms with Gasteiger partial charge in [-0.2, -0.15) is 0 Å². The molecule has 41 heavy (non-hydrogen) atoms. The summed E-state index contributed by atoms with van der Waals surface area (Å²) in [5.74, 6) is 1.40. The second kappa shape index (κ2) is 12.6. The minimum Gasteiger partial charge on any atom is -0.469 e. The van der Waals surface area contributed by atoms with Crippen LogP contribution in [-0.2, 0) is 14.4 Å². The highest BCUT2D eigenvalue weighted by Gasteiger charge is 2.45. The number of carbonyl (C=O) groups excluding carboxylic acids is 1. The van der Waals surface area contributed by atoms with E-state index in [2.05, 4.69) is 10.1 Å². The standard InChI is InChI=1S/C32H44N4O5/c1-40-30(38)13-12-28(34-41-15-14-37)31-32(39)36(29-11-3-2-10-27(29)33-31)26-19-23-8-5-9-24(20-26)35(23)25-17-21-6-4-7-22(16-21)18-25/h2-3,10-11,21-26,37H,4-9,12-20H2,1H3/b34-28+/t21?,22?,23-,24+,25?,26?. The van der Waals surface area contributed by atoms with Crippen molar-refractivity contribution in [1.29, 1.82) is 0 Å². The van der Waals surface area contributed by atoms with Gasteiger partial charge in [-0.05, 0) is 68.9 Å². The van der Waals surface area contributed by atoms with Gasteiger partial charge in [0.1, 0.15) is 12.3 Å². The Hall–Kier alpha value is -2.78. The Kier molecular flexibility index (Phi) is 8.72. The van der Waals surface area contributed by atoms with E-state index < -0.39 is 5.97 Å². The molecule has 1 aromatic carbocycles. The maximum absolute atomic E-state index is 14.3. The highest BCUT2D eigenvalue weighted by molar-refractivity contribution is 6.00. The number of hydrogen-bond acceptors (Lipinski definition) is 8. The van der Waals surface area contributed by atoms with Crippen molar-refractivity contribution in [3.63, 3.8) is 0 Å². The number of esters is 1. The Morgan fingerprint density at radius 3 is 2.37 bits per heavy atom. The summed E-state index contributed by atoms with van der Waals surface area (Å²) in [7, 11) is 1.34. The van der Waals surface area contributed by atoms with Crippen molar-refractivity contribution in [3.8, 4) is 0 Å². The Balaban J connectivity index is 1.34. The molecule has 4 bridgehead atoms. The van der Waals surface area contributed by atoms with Crippen LogP contribution in [-0.4, -0.2) is 69.7 Å². The van der Waals surface area contributed by atoms with Crippen molar-refractivity contribution < 1.29 is 19.5 Å². The molecule has 2 saturated heterocycles. The van der Waals surface area contributed by atoms with E-state index in [0.29, 0.717) is 23.8 Å². The molecule has 0 spiro atoms. The number of aromatic nitrogens is 2. The van der Waals surface area contributed by atoms with Gasteiger partial charge >= 0.3 is 5.97 Å². The summed E-state index contributed by atoms with van der Waals surface area (Å²) in [5, 5.41) is 13.4. The van der Waals surface area contributed by atoms with Gasteiger partial charge in [-0.1, -0.05) is 43.0 Å². The highest BCUT2D eigenvalue weighted by atomic mass is 16.6. The van der Waals surface area contributed by atoms with Crippen LogP contribution in [0.3, 0.4) is 0 Å². The summed E-state index contributed by atoms with van der Waals surface area (Å²) in [6.07, 6.45) is 14.2. The molecule has 4 fully saturated rings. The van der Waals surface area contributed by atoms with Gasteiger partial charge in [0.05, 0.1) is 31.2 Å². The monoisotopic (exact) mass is 564 g/mol. The van der Waals surface area contributed by atoms with E-state index in [1.807, 2.05) is 28.8 Å². The van der Waals surface area contributed by atoms with Crippen molar-refractivity contribution >= 4 is 22.7 Å². The molecule has 1 aromatic heterocycles. The molecule has 2 aromatic rings. The fourth-order valence-corrected chi connectivity index (χ4v) is 8.53. The van der Waals surface area contributed by atoms with Gasteiger partial charge in [0, 0.05) is 30.6 Å². The quantitative estimate of drug-likeness (QED) is 0.206. The average Bonchev–Trinajstić information content (AvgIpc) is 2.97. The van der Waals surface area contributed by atoms with Crippen LogP contribution in [0.5, 0.6) is 0 Å². The predicted octanol–water partition coefficient (Wildman–Crippen LogP) is 4.59. The van der Waals surface area contributed by atoms with Crippen molar-refractivity contribution in [2.75, 3.05) is 20.3 Å². The van der Waals surface area contributed by atoms with E-state index in [-0.39, 0.29) is 43.4 Å². The third kappa shape index (κ3) is 5.93. The number of ether oxygens (including phenoxy) is 1. The molecule has 2 aliphatic heterocycles. The predicted molar refractivity (Wildman–Crippen MR) is 157 cm³/mol. The number of hydrogen-bond donors (Lipinski definition) is 1. The van der Waals surface area contributed by atoms with Crippen LogP contribution in [0.2, 0.25) is 0 Å². The van der Waals surface area contributed by atoms with E-state index in [0.717, 1.165) is 35.7 Å². The van der Waals surface area contributed by atoms with Crippen LogP contribution in [0.4, 0.5) is 0 Å². The largest absolute Gasteiger partial charge is 0.469 e. The second-order valence-electron chi connectivity index (χ2n) is 12.6. The molecular formula is C32H44N4O5. The molecule has 0 radical (unpaired) electrons. The number of methoxy groups -OCH3 is 1. The molecule has 9 nitrogen and oxygen atoms in total. The lowest BCUT2D eigenvalue weighted by molar-refractivity contribution is -0.140. The Morgan fingerprint density at radius 1 is 0.951 bits per heavy atom. The summed E-state index contributed by atoms with van der Waals surface area (Å²) in [6.45, 7) is -0.207. The van der Waals surface area contributed by atoms with Crippen LogP contribution in [0.25, 0.3) is 11.0 Å². The number of para-hydroxylation sites is 2. The van der Waals surface area contributed by atoms with Gasteiger partial charge in [-0.25, -0.2) is 4.98 Å². The summed E-state index contributed by atoms with van der Waals surface area (Å²) < 4.78 is 6.79. The van der Waals surface area contributed by atoms with Crippen molar-refractivity contribution in [2.24, 2.45) is 17.0 Å². The molecule has 3 heterocycles. The SMILES string of the molecule is COC(=O)CC/C(=N\OCCO)c1nc2ccccc2n(C2C[C@H]3CCC[C@@H](C2)N3C2CC3CCCC(C3)C2)c1=O. The molecule has 9 heteroatoms. The molecule has 6 rings (SSSR count). The Bertz CT molecular complexity index is 1300. The molecular weight excluding hydrogens is 520 g/mol. The first-order chi connectivity index (χ1) is 20.1. The topological polar surface area (TPSA) is 106 Å². The third-order valence-electron chi connectivity index (χ3n) is 10.1. The summed E-state index contributed by atoms with van der Waals surface area (Å²) in [6, 6.07) is 9.58. The molecule has 222 valence electrons. The number of aliphatic hydroxyl groups excluding tert-OH is 1. The van der Waals surface area contributed by atoms with Gasteiger partial charge in [-0.3, -0.25) is 14.5 Å². The van der Waals surface area contributed by atoms with Crippen molar-refractivity contribution in [2.45, 2.75) is 108 Å². The van der Waals surface area contributed by atoms with Crippen LogP contribution in [0, 0.1) is 11.8 Å². The van der Waals surface area contributed by atoms with Gasteiger partial charge < -0.3 is 19.2 Å². The zero-order chi connectivity index (χ0) is 28.3. The van der Waals surface area contributed by atoms with E-state index in [4.69, 9.17) is 14.6 Å². The van der Waals surface area contributed by atoms with Crippen LogP contribution in [0.15, 0.2) is 34.2 Å². The van der Waals surface area contributed by atoms with E-state index in [1.165, 1.54) is 64.9 Å². The lowest BCUT2D eigenvalue weighted by atomic mass is 9.68. The third-order valence-corrected chi connectivity index (χ3v) is 10.1. The van der Waals surface area contributed by atoms with Gasteiger partial charge in [0.15, 0.2) is 5.69 Å². The lowest BCUT2D eigenvalue weighted by Gasteiger charge is -2.55. The summed E-state index contributed by atoms with van der Waals surface area (Å²) >= 11 is 0. The summed E-state index contributed by atoms with van der Waals surface area (Å²) in [5.41, 5.74) is 1.89. The number of nitrogens with zero attached hydrogens (tertiary/aromatic N) is 4. The molecule has 3 unspecified atom stereocenters. The average molecular weight is 565 g/mol. The number of carbonyl (C=O) groups is 1. The van der Waals surface area contributed by atoms with Crippen LogP contribution >= 0.6 is 0 Å². The second-order valence-corrected chi connectivity index (χ2v) is 12.6. The number of oxime groups is 1. The fraction of sp³-hybridized carbons (Fsp3) is 0.688. The molecule has 0 amide bonds. The number of aliphatic hydroxyl groups is 1. The van der Waals surface area contributed by atoms with Crippen molar-refractivity contribution in [3.05, 3.63) is 40.3 Å². The Labute approximate surface area is 241 Å². The first-order valence-electron chi connectivity index (χ1n) is 15.7. The van der Waals surface area contributed by atoms with Crippen LogP contribution in [0.1, 0.15) is 95.2 Å². The molecule has 5 atom stereocenters. The zero-order valence-corrected chi connectivity index (χ0v) is 24.2. The van der Waals surface area contributed by atoms with Crippen LogP contribution < -0.4 is 5.56 Å². The smallest absolute Gasteiger partial charge is 0.305 e. The van der Waals surface area contributed by atoms with Gasteiger partial charge in [-0.15, -0.1) is 0 Å². The first-order valence-corrected chi connectivity index (χ1v) is 15.7. The molecule has 2 saturated carbocycles. The Morgan fingerprint density at radius 2 is 1.66 bits per heavy atom. The number of piperidine rings is 2. The number of benzene rings is 1. The molecule has 4 aliphatic rings. The number of fused-ring (bicyclic) bond motifs is 5. The highest BCUT2D eigenvalue weighted by Crippen LogP contribution is 2.47. The van der Waals surface area contributed by atoms with E-state index >= 15 is 0 Å². The van der Waals surface area contributed by atoms with Gasteiger partial charge in [0.25, 0.3) is 5.56 Å². The zero-order valence-electron chi connectivity index (χ0n) is 24.2. The van der Waals surface area contributed by atoms with Gasteiger partial charge in [0.2, 0.25) is 0 Å². The van der Waals surface area contributed by atoms with E-state index in [9.17, 15) is 14.7 Å². The maximum atomic E-state index is 14.3. The lowest BCUT2D eigenvalue weighted by Crippen LogP contribution is -2.58. The number of rotatable bonds is 9. The maximum Gasteiger partial charge on any atom is 0.305 e. The van der Waals surface area contributed by atoms with E-state index in [1.54, 1.807) is 0 Å². The minimum atomic E-state index is -0.395. The molecule has 2 aliphatic carbocycles. The summed E-state index contributed by atoms with van der Waals surface area (Å²) in [4.78, 5) is 39.2. The van der Waals surface area contributed by atoms with Crippen molar-refractivity contribution in [1.82, 2.24) is 14.5 Å². The first kappa shape index (κ1) is 28.3. The molecule has 1 N–H and O–H groups in total.